The molecule has 1 aliphatic heterocycles. The van der Waals surface area contributed by atoms with Gasteiger partial charge in [0, 0.05) is 18.2 Å². The summed E-state index contributed by atoms with van der Waals surface area (Å²) in [6.45, 7) is 2.62. The molecule has 1 aliphatic rings. The molecule has 3 aromatic rings. The van der Waals surface area contributed by atoms with Gasteiger partial charge in [0.1, 0.15) is 12.1 Å². The molecule has 0 saturated carbocycles. The van der Waals surface area contributed by atoms with Crippen LogP contribution in [0.3, 0.4) is 0 Å². The van der Waals surface area contributed by atoms with Gasteiger partial charge < -0.3 is 14.8 Å². The Kier molecular flexibility index (Phi) is 5.71. The van der Waals surface area contributed by atoms with E-state index in [1.807, 2.05) is 37.3 Å². The lowest BCUT2D eigenvalue weighted by atomic mass is 10.1. The summed E-state index contributed by atoms with van der Waals surface area (Å²) in [5, 5.41) is 7.42. The summed E-state index contributed by atoms with van der Waals surface area (Å²) >= 11 is 0. The normalized spacial score (nSPS) is 17.8. The molecular weight excluding hydrogens is 370 g/mol. The average Bonchev–Trinajstić information content (AvgIpc) is 3.18. The zero-order valence-corrected chi connectivity index (χ0v) is 16.7. The molecule has 2 atom stereocenters. The van der Waals surface area contributed by atoms with Gasteiger partial charge in [-0.25, -0.2) is 14.5 Å². The molecule has 1 aromatic carbocycles. The average molecular weight is 395 g/mol. The molecule has 3 heterocycles. The van der Waals surface area contributed by atoms with Crippen molar-refractivity contribution in [3.63, 3.8) is 0 Å². The molecule has 1 N–H and O–H groups in total. The second-order valence-electron chi connectivity index (χ2n) is 7.26. The van der Waals surface area contributed by atoms with Crippen LogP contribution in [0.5, 0.6) is 5.75 Å². The van der Waals surface area contributed by atoms with E-state index in [9.17, 15) is 4.79 Å². The number of amides is 1. The Morgan fingerprint density at radius 3 is 2.90 bits per heavy atom. The first-order chi connectivity index (χ1) is 14.1. The standard InChI is InChI=1S/C21H25N5O3/c1-14(23-20(27)11-17-5-3-4-10-29-17)21-24-19-12-18(22-13-26(19)25-21)15-6-8-16(28-2)9-7-15/h6-9,12-14,17H,3-5,10-11H2,1-2H3,(H,23,27)/t14-,17?/m0/s1. The van der Waals surface area contributed by atoms with E-state index < -0.39 is 0 Å². The molecule has 8 heteroatoms. The van der Waals surface area contributed by atoms with E-state index in [4.69, 9.17) is 9.47 Å². The van der Waals surface area contributed by atoms with E-state index in [1.54, 1.807) is 18.0 Å². The second kappa shape index (κ2) is 8.57. The van der Waals surface area contributed by atoms with Gasteiger partial charge in [0.25, 0.3) is 0 Å². The lowest BCUT2D eigenvalue weighted by Gasteiger charge is -2.22. The number of aromatic nitrogens is 4. The molecule has 0 bridgehead atoms. The monoisotopic (exact) mass is 395 g/mol. The van der Waals surface area contributed by atoms with E-state index >= 15 is 0 Å². The maximum Gasteiger partial charge on any atom is 0.223 e. The predicted octanol–water partition coefficient (Wildman–Crippen LogP) is 2.94. The number of hydrogen-bond acceptors (Lipinski definition) is 6. The van der Waals surface area contributed by atoms with Gasteiger partial charge in [-0.2, -0.15) is 0 Å². The maximum absolute atomic E-state index is 12.3. The first-order valence-corrected chi connectivity index (χ1v) is 9.90. The van der Waals surface area contributed by atoms with Gasteiger partial charge in [-0.15, -0.1) is 5.10 Å². The Labute approximate surface area is 169 Å². The topological polar surface area (TPSA) is 90.6 Å². The van der Waals surface area contributed by atoms with Gasteiger partial charge in [-0.1, -0.05) is 0 Å². The molecule has 4 rings (SSSR count). The van der Waals surface area contributed by atoms with E-state index in [-0.39, 0.29) is 18.1 Å². The lowest BCUT2D eigenvalue weighted by molar-refractivity contribution is -0.125. The van der Waals surface area contributed by atoms with Gasteiger partial charge in [0.15, 0.2) is 11.5 Å². The van der Waals surface area contributed by atoms with Crippen LogP contribution in [0.15, 0.2) is 36.7 Å². The number of ether oxygens (including phenoxy) is 2. The molecule has 0 spiro atoms. The third-order valence-corrected chi connectivity index (χ3v) is 5.08. The Hall–Kier alpha value is -3.00. The van der Waals surface area contributed by atoms with Crippen molar-refractivity contribution in [1.82, 2.24) is 24.9 Å². The van der Waals surface area contributed by atoms with Crippen LogP contribution in [-0.2, 0) is 9.53 Å². The smallest absolute Gasteiger partial charge is 0.223 e. The summed E-state index contributed by atoms with van der Waals surface area (Å²) in [7, 11) is 1.64. The molecule has 0 aliphatic carbocycles. The number of nitrogens with one attached hydrogen (secondary N) is 1. The highest BCUT2D eigenvalue weighted by Gasteiger charge is 2.20. The minimum Gasteiger partial charge on any atom is -0.497 e. The summed E-state index contributed by atoms with van der Waals surface area (Å²) in [5.41, 5.74) is 2.44. The Morgan fingerprint density at radius 1 is 1.34 bits per heavy atom. The second-order valence-corrected chi connectivity index (χ2v) is 7.26. The third-order valence-electron chi connectivity index (χ3n) is 5.08. The highest BCUT2D eigenvalue weighted by molar-refractivity contribution is 5.76. The minimum absolute atomic E-state index is 0.0150. The van der Waals surface area contributed by atoms with Crippen molar-refractivity contribution in [2.75, 3.05) is 13.7 Å². The summed E-state index contributed by atoms with van der Waals surface area (Å²) in [6, 6.07) is 9.27. The van der Waals surface area contributed by atoms with Crippen molar-refractivity contribution < 1.29 is 14.3 Å². The third kappa shape index (κ3) is 4.54. The number of rotatable bonds is 6. The maximum atomic E-state index is 12.3. The van der Waals surface area contributed by atoms with Crippen LogP contribution in [0.4, 0.5) is 0 Å². The molecule has 1 saturated heterocycles. The van der Waals surface area contributed by atoms with E-state index in [0.29, 0.717) is 17.9 Å². The van der Waals surface area contributed by atoms with Crippen LogP contribution in [-0.4, -0.2) is 45.3 Å². The number of hydrogen-bond donors (Lipinski definition) is 1. The van der Waals surface area contributed by atoms with E-state index in [0.717, 1.165) is 42.9 Å². The summed E-state index contributed by atoms with van der Waals surface area (Å²) < 4.78 is 12.5. The van der Waals surface area contributed by atoms with Gasteiger partial charge in [-0.05, 0) is 50.5 Å². The SMILES string of the molecule is COc1ccc(-c2cc3nc([C@H](C)NC(=O)CC4CCCCO4)nn3cn2)cc1. The van der Waals surface area contributed by atoms with Crippen LogP contribution in [0.25, 0.3) is 16.9 Å². The lowest BCUT2D eigenvalue weighted by Crippen LogP contribution is -2.32. The molecule has 8 nitrogen and oxygen atoms in total. The molecule has 1 unspecified atom stereocenters. The molecular formula is C21H25N5O3. The number of fused-ring (bicyclic) bond motifs is 1. The fourth-order valence-corrected chi connectivity index (χ4v) is 3.46. The van der Waals surface area contributed by atoms with Gasteiger partial charge in [0.2, 0.25) is 5.91 Å². The Balaban J connectivity index is 1.45. The van der Waals surface area contributed by atoms with Gasteiger partial charge in [0.05, 0.1) is 31.4 Å². The molecule has 1 amide bonds. The molecule has 0 radical (unpaired) electrons. The van der Waals surface area contributed by atoms with Gasteiger partial charge >= 0.3 is 0 Å². The minimum atomic E-state index is -0.296. The number of benzene rings is 1. The molecule has 152 valence electrons. The highest BCUT2D eigenvalue weighted by Crippen LogP contribution is 2.22. The number of methoxy groups -OCH3 is 1. The summed E-state index contributed by atoms with van der Waals surface area (Å²) in [4.78, 5) is 21.4. The first kappa shape index (κ1) is 19.3. The zero-order valence-electron chi connectivity index (χ0n) is 16.7. The number of carbonyl (C=O) groups is 1. The quantitative estimate of drug-likeness (QED) is 0.690. The molecule has 29 heavy (non-hydrogen) atoms. The number of carbonyl (C=O) groups excluding carboxylic acids is 1. The Morgan fingerprint density at radius 2 is 2.17 bits per heavy atom. The predicted molar refractivity (Wildman–Crippen MR) is 108 cm³/mol. The fraction of sp³-hybridized carbons (Fsp3) is 0.429. The van der Waals surface area contributed by atoms with E-state index in [1.165, 1.54) is 0 Å². The van der Waals surface area contributed by atoms with Crippen molar-refractivity contribution in [2.24, 2.45) is 0 Å². The highest BCUT2D eigenvalue weighted by atomic mass is 16.5. The van der Waals surface area contributed by atoms with Crippen LogP contribution >= 0.6 is 0 Å². The van der Waals surface area contributed by atoms with Crippen LogP contribution in [0.2, 0.25) is 0 Å². The molecule has 2 aromatic heterocycles. The first-order valence-electron chi connectivity index (χ1n) is 9.90. The Bertz CT molecular complexity index is 980. The summed E-state index contributed by atoms with van der Waals surface area (Å²) in [5.74, 6) is 1.31. The van der Waals surface area contributed by atoms with Crippen LogP contribution < -0.4 is 10.1 Å². The van der Waals surface area contributed by atoms with E-state index in [2.05, 4.69) is 20.4 Å². The van der Waals surface area contributed by atoms with Crippen LogP contribution in [0, 0.1) is 0 Å². The largest absolute Gasteiger partial charge is 0.497 e. The fourth-order valence-electron chi connectivity index (χ4n) is 3.46. The van der Waals surface area contributed by atoms with Crippen molar-refractivity contribution in [3.8, 4) is 17.0 Å². The van der Waals surface area contributed by atoms with Crippen molar-refractivity contribution in [2.45, 2.75) is 44.8 Å². The van der Waals surface area contributed by atoms with Gasteiger partial charge in [-0.3, -0.25) is 4.79 Å². The van der Waals surface area contributed by atoms with Crippen molar-refractivity contribution in [3.05, 3.63) is 42.5 Å². The van der Waals surface area contributed by atoms with Crippen LogP contribution in [0.1, 0.15) is 44.5 Å². The number of nitrogens with zero attached hydrogens (tertiary/aromatic N) is 4. The molecule has 1 fully saturated rings. The zero-order chi connectivity index (χ0) is 20.2. The van der Waals surface area contributed by atoms with Crippen molar-refractivity contribution >= 4 is 11.6 Å². The van der Waals surface area contributed by atoms with Crippen molar-refractivity contribution in [1.29, 1.82) is 0 Å². The summed E-state index contributed by atoms with van der Waals surface area (Å²) in [6.07, 6.45) is 5.16.